The molecule has 0 unspecified atom stereocenters. The third-order valence-corrected chi connectivity index (χ3v) is 5.38. The molecule has 2 heterocycles. The molecule has 0 aliphatic rings. The Morgan fingerprint density at radius 3 is 2.61 bits per heavy atom. The van der Waals surface area contributed by atoms with Crippen molar-refractivity contribution in [1.29, 1.82) is 0 Å². The van der Waals surface area contributed by atoms with Crippen molar-refractivity contribution in [3.63, 3.8) is 0 Å². The maximum absolute atomic E-state index is 14.5. The highest BCUT2D eigenvalue weighted by Crippen LogP contribution is 2.25. The molecule has 33 heavy (non-hydrogen) atoms. The number of nitrogens with one attached hydrogen (secondary N) is 1. The molecule has 7 nitrogen and oxygen atoms in total. The van der Waals surface area contributed by atoms with Crippen molar-refractivity contribution < 1.29 is 9.18 Å². The van der Waals surface area contributed by atoms with Gasteiger partial charge in [0.15, 0.2) is 0 Å². The number of benzene rings is 1. The summed E-state index contributed by atoms with van der Waals surface area (Å²) in [5.74, 6) is -0.660. The molecular weight excluding hydrogens is 419 g/mol. The zero-order valence-corrected chi connectivity index (χ0v) is 19.4. The number of nitrogens with zero attached hydrogens (tertiary/aromatic N) is 4. The van der Waals surface area contributed by atoms with E-state index >= 15 is 0 Å². The van der Waals surface area contributed by atoms with Crippen LogP contribution >= 0.6 is 0 Å². The first kappa shape index (κ1) is 23.8. The number of halogens is 1. The Kier molecular flexibility index (Phi) is 7.71. The lowest BCUT2D eigenvalue weighted by Gasteiger charge is -2.08. The van der Waals surface area contributed by atoms with Crippen LogP contribution in [0.1, 0.15) is 36.0 Å². The Morgan fingerprint density at radius 2 is 1.97 bits per heavy atom. The molecule has 0 aliphatic heterocycles. The molecule has 1 aromatic carbocycles. The topological polar surface area (TPSA) is 98.7 Å². The fraction of sp³-hybridized carbons (Fsp3) is 0.280. The standard InChI is InChI=1S/C25H29FN6O/c1-5-20(26)19(25(33)29-14-18-10-7-6-8-11-18)12-9-13-21-24(27)28-15-22(30-21)23-16(2)31-32(4)17(23)3/h6-12,15H,5,13-14H2,1-4H3,(H2,27,28)(H,29,33)/b12-9-,20-19-. The van der Waals surface area contributed by atoms with Gasteiger partial charge >= 0.3 is 0 Å². The molecule has 0 radical (unpaired) electrons. The van der Waals surface area contributed by atoms with Crippen LogP contribution in [0.4, 0.5) is 10.2 Å². The van der Waals surface area contributed by atoms with Crippen LogP contribution in [-0.4, -0.2) is 25.7 Å². The Balaban J connectivity index is 1.77. The average molecular weight is 449 g/mol. The number of nitrogens with two attached hydrogens (primary N) is 1. The molecule has 0 saturated carbocycles. The molecule has 1 amide bonds. The van der Waals surface area contributed by atoms with Crippen LogP contribution in [0, 0.1) is 13.8 Å². The number of nitrogen functional groups attached to an aromatic ring is 1. The summed E-state index contributed by atoms with van der Waals surface area (Å²) >= 11 is 0. The van der Waals surface area contributed by atoms with Gasteiger partial charge in [0.05, 0.1) is 28.9 Å². The van der Waals surface area contributed by atoms with Crippen molar-refractivity contribution in [2.24, 2.45) is 7.05 Å². The number of aryl methyl sites for hydroxylation is 2. The molecule has 0 atom stereocenters. The molecule has 0 saturated heterocycles. The average Bonchev–Trinajstić information content (AvgIpc) is 3.07. The largest absolute Gasteiger partial charge is 0.382 e. The predicted octanol–water partition coefficient (Wildman–Crippen LogP) is 4.12. The second-order valence-electron chi connectivity index (χ2n) is 7.70. The smallest absolute Gasteiger partial charge is 0.254 e. The quantitative estimate of drug-likeness (QED) is 0.399. The molecule has 3 aromatic rings. The van der Waals surface area contributed by atoms with E-state index in [-0.39, 0.29) is 17.8 Å². The molecule has 0 fully saturated rings. The van der Waals surface area contributed by atoms with E-state index in [2.05, 4.69) is 20.4 Å². The van der Waals surface area contributed by atoms with E-state index < -0.39 is 11.7 Å². The van der Waals surface area contributed by atoms with E-state index in [4.69, 9.17) is 5.73 Å². The summed E-state index contributed by atoms with van der Waals surface area (Å²) in [7, 11) is 1.87. The van der Waals surface area contributed by atoms with Gasteiger partial charge in [0.1, 0.15) is 11.6 Å². The Bertz CT molecular complexity index is 1200. The molecule has 0 spiro atoms. The first-order valence-electron chi connectivity index (χ1n) is 10.8. The zero-order chi connectivity index (χ0) is 24.0. The number of rotatable bonds is 8. The molecule has 3 rings (SSSR count). The van der Waals surface area contributed by atoms with Crippen LogP contribution in [0.25, 0.3) is 11.3 Å². The van der Waals surface area contributed by atoms with Gasteiger partial charge in [0.25, 0.3) is 5.91 Å². The first-order chi connectivity index (χ1) is 15.8. The maximum Gasteiger partial charge on any atom is 0.254 e. The Morgan fingerprint density at radius 1 is 1.24 bits per heavy atom. The predicted molar refractivity (Wildman–Crippen MR) is 128 cm³/mol. The van der Waals surface area contributed by atoms with Gasteiger partial charge in [-0.15, -0.1) is 0 Å². The SMILES string of the molecule is CC/C(F)=C(\C=C/Cc1nc(-c2c(C)nn(C)c2C)cnc1N)C(=O)NCc1ccccc1. The second kappa shape index (κ2) is 10.7. The van der Waals surface area contributed by atoms with Crippen molar-refractivity contribution in [1.82, 2.24) is 25.1 Å². The number of carbonyl (C=O) groups excluding carboxylic acids is 1. The van der Waals surface area contributed by atoms with E-state index in [1.807, 2.05) is 51.2 Å². The third kappa shape index (κ3) is 5.71. The van der Waals surface area contributed by atoms with Gasteiger partial charge < -0.3 is 11.1 Å². The molecule has 0 bridgehead atoms. The summed E-state index contributed by atoms with van der Waals surface area (Å²) in [6, 6.07) is 9.47. The Hall–Kier alpha value is -3.81. The van der Waals surface area contributed by atoms with Gasteiger partial charge in [-0.2, -0.15) is 5.10 Å². The maximum atomic E-state index is 14.5. The van der Waals surface area contributed by atoms with Crippen molar-refractivity contribution in [3.05, 3.63) is 82.7 Å². The Labute approximate surface area is 193 Å². The lowest BCUT2D eigenvalue weighted by atomic mass is 10.1. The van der Waals surface area contributed by atoms with Crippen molar-refractivity contribution in [2.75, 3.05) is 5.73 Å². The van der Waals surface area contributed by atoms with E-state index in [1.165, 1.54) is 6.08 Å². The lowest BCUT2D eigenvalue weighted by Crippen LogP contribution is -2.24. The molecular formula is C25H29FN6O. The summed E-state index contributed by atoms with van der Waals surface area (Å²) in [6.45, 7) is 5.86. The van der Waals surface area contributed by atoms with Crippen LogP contribution in [0.2, 0.25) is 0 Å². The summed E-state index contributed by atoms with van der Waals surface area (Å²) in [4.78, 5) is 21.6. The highest BCUT2D eigenvalue weighted by atomic mass is 19.1. The molecule has 3 N–H and O–H groups in total. The molecule has 2 aromatic heterocycles. The number of amides is 1. The number of hydrogen-bond donors (Lipinski definition) is 2. The van der Waals surface area contributed by atoms with Gasteiger partial charge in [0, 0.05) is 31.3 Å². The van der Waals surface area contributed by atoms with Gasteiger partial charge in [-0.25, -0.2) is 14.4 Å². The summed E-state index contributed by atoms with van der Waals surface area (Å²) in [6.07, 6.45) is 5.21. The van der Waals surface area contributed by atoms with Crippen LogP contribution in [0.5, 0.6) is 0 Å². The fourth-order valence-electron chi connectivity index (χ4n) is 3.49. The van der Waals surface area contributed by atoms with Crippen LogP contribution < -0.4 is 11.1 Å². The lowest BCUT2D eigenvalue weighted by molar-refractivity contribution is -0.117. The molecule has 172 valence electrons. The van der Waals surface area contributed by atoms with Crippen LogP contribution in [0.3, 0.4) is 0 Å². The monoisotopic (exact) mass is 448 g/mol. The van der Waals surface area contributed by atoms with Gasteiger partial charge in [0.2, 0.25) is 0 Å². The summed E-state index contributed by atoms with van der Waals surface area (Å²) in [5.41, 5.74) is 10.9. The number of anilines is 1. The first-order valence-corrected chi connectivity index (χ1v) is 10.8. The third-order valence-electron chi connectivity index (χ3n) is 5.38. The highest BCUT2D eigenvalue weighted by molar-refractivity contribution is 5.96. The van der Waals surface area contributed by atoms with E-state index in [0.29, 0.717) is 24.4 Å². The normalized spacial score (nSPS) is 12.2. The van der Waals surface area contributed by atoms with E-state index in [0.717, 1.165) is 22.5 Å². The van der Waals surface area contributed by atoms with Gasteiger partial charge in [-0.3, -0.25) is 9.48 Å². The number of aromatic nitrogens is 4. The molecule has 8 heteroatoms. The van der Waals surface area contributed by atoms with Gasteiger partial charge in [-0.05, 0) is 25.8 Å². The van der Waals surface area contributed by atoms with Gasteiger partial charge in [-0.1, -0.05) is 49.4 Å². The minimum atomic E-state index is -0.480. The van der Waals surface area contributed by atoms with Crippen LogP contribution in [0.15, 0.2) is 60.1 Å². The van der Waals surface area contributed by atoms with Crippen molar-refractivity contribution >= 4 is 11.7 Å². The van der Waals surface area contributed by atoms with E-state index in [9.17, 15) is 9.18 Å². The van der Waals surface area contributed by atoms with E-state index in [1.54, 1.807) is 23.9 Å². The molecule has 0 aliphatic carbocycles. The summed E-state index contributed by atoms with van der Waals surface area (Å²) < 4.78 is 16.3. The number of hydrogen-bond acceptors (Lipinski definition) is 5. The highest BCUT2D eigenvalue weighted by Gasteiger charge is 2.15. The minimum Gasteiger partial charge on any atom is -0.382 e. The number of carbonyl (C=O) groups is 1. The number of allylic oxidation sites excluding steroid dienone is 2. The van der Waals surface area contributed by atoms with Crippen molar-refractivity contribution in [3.8, 4) is 11.3 Å². The van der Waals surface area contributed by atoms with Crippen LogP contribution in [-0.2, 0) is 24.8 Å². The second-order valence-corrected chi connectivity index (χ2v) is 7.70. The fourth-order valence-corrected chi connectivity index (χ4v) is 3.49. The minimum absolute atomic E-state index is 0.00457. The van der Waals surface area contributed by atoms with Crippen molar-refractivity contribution in [2.45, 2.75) is 40.2 Å². The zero-order valence-electron chi connectivity index (χ0n) is 19.4. The summed E-state index contributed by atoms with van der Waals surface area (Å²) in [5, 5.41) is 7.19.